The zero-order valence-electron chi connectivity index (χ0n) is 7.44. The van der Waals surface area contributed by atoms with Gasteiger partial charge in [-0.05, 0) is 40.8 Å². The van der Waals surface area contributed by atoms with Gasteiger partial charge in [0, 0.05) is 8.96 Å². The SMILES string of the molecule is O=c1nc2cc(I)ccc2c2[nH]cnn12. The fourth-order valence-electron chi connectivity index (χ4n) is 1.55. The van der Waals surface area contributed by atoms with Crippen LogP contribution < -0.4 is 5.69 Å². The van der Waals surface area contributed by atoms with Crippen LogP contribution in [0.15, 0.2) is 29.3 Å². The second kappa shape index (κ2) is 3.02. The predicted octanol–water partition coefficient (Wildman–Crippen LogP) is 1.18. The van der Waals surface area contributed by atoms with E-state index in [4.69, 9.17) is 0 Å². The molecule has 0 aliphatic rings. The third-order valence-corrected chi connectivity index (χ3v) is 2.87. The Labute approximate surface area is 97.3 Å². The first-order chi connectivity index (χ1) is 7.25. The molecule has 0 unspecified atom stereocenters. The van der Waals surface area contributed by atoms with Crippen molar-refractivity contribution in [3.8, 4) is 0 Å². The topological polar surface area (TPSA) is 63.0 Å². The Morgan fingerprint density at radius 3 is 3.13 bits per heavy atom. The number of H-pyrrole nitrogens is 1. The van der Waals surface area contributed by atoms with Crippen LogP contribution in [0.5, 0.6) is 0 Å². The number of aromatic amines is 1. The van der Waals surface area contributed by atoms with E-state index < -0.39 is 0 Å². The molecule has 1 aromatic carbocycles. The largest absolute Gasteiger partial charge is 0.370 e. The number of nitrogens with zero attached hydrogens (tertiary/aromatic N) is 3. The molecule has 0 aliphatic carbocycles. The second-order valence-corrected chi connectivity index (χ2v) is 4.35. The summed E-state index contributed by atoms with van der Waals surface area (Å²) in [7, 11) is 0. The number of fused-ring (bicyclic) bond motifs is 3. The minimum absolute atomic E-state index is 0.360. The molecule has 6 heteroatoms. The molecular formula is C9H5IN4O. The van der Waals surface area contributed by atoms with E-state index in [1.165, 1.54) is 10.8 Å². The fraction of sp³-hybridized carbons (Fsp3) is 0. The third kappa shape index (κ3) is 1.24. The normalized spacial score (nSPS) is 11.3. The Morgan fingerprint density at radius 1 is 1.40 bits per heavy atom. The van der Waals surface area contributed by atoms with Crippen LogP contribution in [-0.2, 0) is 0 Å². The molecule has 0 saturated carbocycles. The van der Waals surface area contributed by atoms with Gasteiger partial charge in [0.1, 0.15) is 12.0 Å². The predicted molar refractivity (Wildman–Crippen MR) is 63.8 cm³/mol. The van der Waals surface area contributed by atoms with Crippen molar-refractivity contribution in [2.75, 3.05) is 0 Å². The lowest BCUT2D eigenvalue weighted by molar-refractivity contribution is 0.881. The summed E-state index contributed by atoms with van der Waals surface area (Å²) in [5, 5.41) is 4.77. The Hall–Kier alpha value is -1.44. The number of hydrogen-bond acceptors (Lipinski definition) is 3. The Bertz CT molecular complexity index is 715. The van der Waals surface area contributed by atoms with Crippen LogP contribution in [0.2, 0.25) is 0 Å². The van der Waals surface area contributed by atoms with Gasteiger partial charge >= 0.3 is 5.69 Å². The molecule has 3 aromatic rings. The van der Waals surface area contributed by atoms with E-state index in [2.05, 4.69) is 37.7 Å². The molecule has 0 saturated heterocycles. The number of halogens is 1. The quantitative estimate of drug-likeness (QED) is 0.634. The Morgan fingerprint density at radius 2 is 2.27 bits per heavy atom. The fourth-order valence-corrected chi connectivity index (χ4v) is 2.03. The average Bonchev–Trinajstić information content (AvgIpc) is 2.66. The molecule has 3 rings (SSSR count). The minimum Gasteiger partial charge on any atom is -0.329 e. The lowest BCUT2D eigenvalue weighted by Gasteiger charge is -1.98. The molecule has 0 amide bonds. The number of hydrogen-bond donors (Lipinski definition) is 1. The van der Waals surface area contributed by atoms with E-state index in [1.807, 2.05) is 18.2 Å². The smallest absolute Gasteiger partial charge is 0.329 e. The summed E-state index contributed by atoms with van der Waals surface area (Å²) in [6, 6.07) is 5.77. The van der Waals surface area contributed by atoms with E-state index in [9.17, 15) is 4.79 Å². The minimum atomic E-state index is -0.360. The van der Waals surface area contributed by atoms with Crippen molar-refractivity contribution in [2.24, 2.45) is 0 Å². The molecule has 2 aromatic heterocycles. The molecule has 74 valence electrons. The van der Waals surface area contributed by atoms with Crippen molar-refractivity contribution in [1.82, 2.24) is 19.6 Å². The highest BCUT2D eigenvalue weighted by molar-refractivity contribution is 14.1. The first-order valence-electron chi connectivity index (χ1n) is 4.27. The molecular weight excluding hydrogens is 307 g/mol. The maximum Gasteiger partial charge on any atom is 0.370 e. The van der Waals surface area contributed by atoms with E-state index >= 15 is 0 Å². The molecule has 0 atom stereocenters. The van der Waals surface area contributed by atoms with E-state index in [0.717, 1.165) is 8.96 Å². The van der Waals surface area contributed by atoms with Crippen LogP contribution in [0, 0.1) is 3.57 Å². The molecule has 2 heterocycles. The number of benzene rings is 1. The van der Waals surface area contributed by atoms with Gasteiger partial charge in [-0.25, -0.2) is 4.79 Å². The van der Waals surface area contributed by atoms with Gasteiger partial charge in [-0.1, -0.05) is 0 Å². The maximum atomic E-state index is 11.5. The Kier molecular flexibility index (Phi) is 1.78. The van der Waals surface area contributed by atoms with Crippen molar-refractivity contribution in [3.05, 3.63) is 38.6 Å². The zero-order valence-corrected chi connectivity index (χ0v) is 9.59. The number of aromatic nitrogens is 4. The molecule has 0 aliphatic heterocycles. The monoisotopic (exact) mass is 312 g/mol. The number of rotatable bonds is 0. The van der Waals surface area contributed by atoms with Gasteiger partial charge in [0.15, 0.2) is 0 Å². The Balaban J connectivity index is 2.66. The second-order valence-electron chi connectivity index (χ2n) is 3.11. The van der Waals surface area contributed by atoms with Crippen LogP contribution in [0.4, 0.5) is 0 Å². The lowest BCUT2D eigenvalue weighted by atomic mass is 10.2. The van der Waals surface area contributed by atoms with Crippen LogP contribution >= 0.6 is 22.6 Å². The summed E-state index contributed by atoms with van der Waals surface area (Å²) >= 11 is 2.19. The van der Waals surface area contributed by atoms with Gasteiger partial charge in [0.25, 0.3) is 0 Å². The lowest BCUT2D eigenvalue weighted by Crippen LogP contribution is -2.17. The van der Waals surface area contributed by atoms with Gasteiger partial charge in [0.05, 0.1) is 5.52 Å². The van der Waals surface area contributed by atoms with Gasteiger partial charge in [-0.15, -0.1) is 0 Å². The van der Waals surface area contributed by atoms with Crippen molar-refractivity contribution >= 4 is 39.1 Å². The summed E-state index contributed by atoms with van der Waals surface area (Å²) < 4.78 is 2.31. The van der Waals surface area contributed by atoms with Crippen molar-refractivity contribution < 1.29 is 0 Å². The molecule has 15 heavy (non-hydrogen) atoms. The highest BCUT2D eigenvalue weighted by Gasteiger charge is 2.06. The zero-order chi connectivity index (χ0) is 10.4. The maximum absolute atomic E-state index is 11.5. The molecule has 1 N–H and O–H groups in total. The van der Waals surface area contributed by atoms with E-state index in [0.29, 0.717) is 11.2 Å². The van der Waals surface area contributed by atoms with Gasteiger partial charge in [0.2, 0.25) is 0 Å². The summed E-state index contributed by atoms with van der Waals surface area (Å²) in [6.07, 6.45) is 1.48. The summed E-state index contributed by atoms with van der Waals surface area (Å²) in [5.74, 6) is 0. The van der Waals surface area contributed by atoms with Crippen molar-refractivity contribution in [2.45, 2.75) is 0 Å². The van der Waals surface area contributed by atoms with E-state index in [1.54, 1.807) is 0 Å². The first kappa shape index (κ1) is 8.84. The highest BCUT2D eigenvalue weighted by atomic mass is 127. The van der Waals surface area contributed by atoms with Crippen molar-refractivity contribution in [3.63, 3.8) is 0 Å². The van der Waals surface area contributed by atoms with Gasteiger partial charge in [-0.3, -0.25) is 0 Å². The van der Waals surface area contributed by atoms with Crippen LogP contribution in [0.1, 0.15) is 0 Å². The molecule has 0 bridgehead atoms. The number of nitrogens with one attached hydrogen (secondary N) is 1. The first-order valence-corrected chi connectivity index (χ1v) is 5.35. The average molecular weight is 312 g/mol. The standard InChI is InChI=1S/C9H5IN4O/c10-5-1-2-6-7(3-5)13-9(15)14-8(6)11-4-12-14/h1-4H,(H,11,12). The molecule has 0 radical (unpaired) electrons. The molecule has 0 spiro atoms. The third-order valence-electron chi connectivity index (χ3n) is 2.20. The van der Waals surface area contributed by atoms with E-state index in [-0.39, 0.29) is 5.69 Å². The van der Waals surface area contributed by atoms with Gasteiger partial charge < -0.3 is 4.98 Å². The van der Waals surface area contributed by atoms with Crippen LogP contribution in [0.3, 0.4) is 0 Å². The van der Waals surface area contributed by atoms with Crippen LogP contribution in [-0.4, -0.2) is 19.6 Å². The molecule has 5 nitrogen and oxygen atoms in total. The highest BCUT2D eigenvalue weighted by Crippen LogP contribution is 2.16. The van der Waals surface area contributed by atoms with Crippen LogP contribution in [0.25, 0.3) is 16.6 Å². The van der Waals surface area contributed by atoms with Gasteiger partial charge in [-0.2, -0.15) is 14.6 Å². The summed E-state index contributed by atoms with van der Waals surface area (Å²) in [5.41, 5.74) is 1.01. The summed E-state index contributed by atoms with van der Waals surface area (Å²) in [6.45, 7) is 0. The van der Waals surface area contributed by atoms with Crippen molar-refractivity contribution in [1.29, 1.82) is 0 Å². The summed E-state index contributed by atoms with van der Waals surface area (Å²) in [4.78, 5) is 18.4. The molecule has 0 fully saturated rings.